The monoisotopic (exact) mass is 554 g/mol. The van der Waals surface area contributed by atoms with Crippen LogP contribution in [0.3, 0.4) is 0 Å². The van der Waals surface area contributed by atoms with Crippen LogP contribution in [0, 0.1) is 6.92 Å². The van der Waals surface area contributed by atoms with Gasteiger partial charge in [-0.05, 0) is 18.4 Å². The lowest BCUT2D eigenvalue weighted by atomic mass is 10.2. The number of fused-ring (bicyclic) bond motifs is 1. The number of anilines is 1. The molecule has 2 saturated heterocycles. The van der Waals surface area contributed by atoms with E-state index in [1.54, 1.807) is 4.57 Å². The standard InChI is InChI=1S/C20H26N7O10P/c1-9-4-26(20(31)25-19(9)30)14-2-10(29)13(36-14)6-34-38(32,33)37-11-3-15(35-12(11)5-28)27-8-24-16-17(21)22-7-23-18(16)27/h4,7-8,10-15,28-29H,2-3,5-6H2,1H3,(H,32,33)(H2,21,22,23)(H,25,30,31)/p-1/t10-,11-,12+,13+,14+,15+/m0/s1. The maximum Gasteiger partial charge on any atom is 0.472 e. The van der Waals surface area contributed by atoms with Gasteiger partial charge in [0.05, 0.1) is 25.6 Å². The van der Waals surface area contributed by atoms with E-state index in [2.05, 4.69) is 19.9 Å². The van der Waals surface area contributed by atoms with Crippen molar-refractivity contribution in [3.8, 4) is 5.88 Å². The maximum atomic E-state index is 12.7. The number of imidazole rings is 1. The predicted octanol–water partition coefficient (Wildman–Crippen LogP) is -1.52. The van der Waals surface area contributed by atoms with Crippen molar-refractivity contribution < 1.29 is 43.3 Å². The first kappa shape index (κ1) is 26.6. The van der Waals surface area contributed by atoms with Crippen LogP contribution in [0.5, 0.6) is 5.88 Å². The van der Waals surface area contributed by atoms with Crippen LogP contribution in [0.1, 0.15) is 30.9 Å². The molecule has 0 aromatic carbocycles. The summed E-state index contributed by atoms with van der Waals surface area (Å²) in [7, 11) is -4.72. The normalized spacial score (nSPS) is 29.2. The van der Waals surface area contributed by atoms with Gasteiger partial charge in [0.2, 0.25) is 0 Å². The fraction of sp³-hybridized carbons (Fsp3) is 0.550. The zero-order valence-corrected chi connectivity index (χ0v) is 20.8. The van der Waals surface area contributed by atoms with Crippen molar-refractivity contribution in [3.63, 3.8) is 0 Å². The smallest absolute Gasteiger partial charge is 0.472 e. The van der Waals surface area contributed by atoms with Crippen LogP contribution in [0.4, 0.5) is 5.82 Å². The number of aliphatic hydroxyl groups excluding tert-OH is 2. The SMILES string of the molecule is Cc1cn([C@H]2C[C@H](O)[C@@H](COP(=O)(O)O[C@H]3C[C@H](n4cnc5c(N)ncnc54)O[C@@H]3CO)O2)c(=O)nc1[O-]. The van der Waals surface area contributed by atoms with E-state index in [-0.39, 0.29) is 24.2 Å². The third-order valence-corrected chi connectivity index (χ3v) is 7.34. The minimum atomic E-state index is -4.72. The average Bonchev–Trinajstić information content (AvgIpc) is 3.57. The van der Waals surface area contributed by atoms with Gasteiger partial charge >= 0.3 is 13.5 Å². The molecule has 5 N–H and O–H groups in total. The molecule has 0 amide bonds. The second-order valence-corrected chi connectivity index (χ2v) is 10.3. The number of phosphoric ester groups is 1. The summed E-state index contributed by atoms with van der Waals surface area (Å²) in [6.07, 6.45) is -1.97. The molecular weight excluding hydrogens is 529 g/mol. The Morgan fingerprint density at radius 2 is 1.95 bits per heavy atom. The lowest BCUT2D eigenvalue weighted by Gasteiger charge is -2.22. The van der Waals surface area contributed by atoms with Crippen molar-refractivity contribution in [2.45, 2.75) is 56.6 Å². The molecule has 7 atom stereocenters. The molecule has 2 fully saturated rings. The van der Waals surface area contributed by atoms with Crippen molar-refractivity contribution >= 4 is 24.8 Å². The quantitative estimate of drug-likeness (QED) is 0.231. The molecule has 2 aliphatic rings. The van der Waals surface area contributed by atoms with Crippen LogP contribution in [0.25, 0.3) is 11.2 Å². The molecule has 2 aliphatic heterocycles. The van der Waals surface area contributed by atoms with E-state index in [0.29, 0.717) is 11.2 Å². The van der Waals surface area contributed by atoms with E-state index in [1.165, 1.54) is 25.8 Å². The second-order valence-electron chi connectivity index (χ2n) is 8.89. The number of rotatable bonds is 8. The number of aliphatic hydroxyl groups is 2. The van der Waals surface area contributed by atoms with Gasteiger partial charge in [-0.25, -0.2) is 29.3 Å². The number of hydrogen-bond donors (Lipinski definition) is 4. The third kappa shape index (κ3) is 5.14. The number of nitrogens with two attached hydrogens (primary N) is 1. The Kier molecular flexibility index (Phi) is 7.19. The first-order chi connectivity index (χ1) is 18.1. The molecule has 0 saturated carbocycles. The summed E-state index contributed by atoms with van der Waals surface area (Å²) in [5.74, 6) is -0.496. The molecule has 17 nitrogen and oxygen atoms in total. The number of nitrogen functional groups attached to an aromatic ring is 1. The van der Waals surface area contributed by atoms with Crippen molar-refractivity contribution in [3.05, 3.63) is 34.9 Å². The zero-order valence-electron chi connectivity index (χ0n) is 19.9. The highest BCUT2D eigenvalue weighted by Gasteiger charge is 2.43. The van der Waals surface area contributed by atoms with E-state index in [4.69, 9.17) is 24.3 Å². The molecule has 0 bridgehead atoms. The fourth-order valence-electron chi connectivity index (χ4n) is 4.39. The fourth-order valence-corrected chi connectivity index (χ4v) is 5.35. The molecule has 0 aliphatic carbocycles. The largest absolute Gasteiger partial charge is 0.858 e. The number of phosphoric acid groups is 1. The van der Waals surface area contributed by atoms with Crippen molar-refractivity contribution in [2.75, 3.05) is 18.9 Å². The highest BCUT2D eigenvalue weighted by molar-refractivity contribution is 7.47. The Balaban J connectivity index is 1.22. The lowest BCUT2D eigenvalue weighted by Crippen LogP contribution is -2.30. The number of ether oxygens (including phenoxy) is 2. The predicted molar refractivity (Wildman–Crippen MR) is 123 cm³/mol. The first-order valence-electron chi connectivity index (χ1n) is 11.5. The van der Waals surface area contributed by atoms with Crippen molar-refractivity contribution in [1.29, 1.82) is 0 Å². The number of nitrogens with zero attached hydrogens (tertiary/aromatic N) is 6. The molecule has 3 aromatic heterocycles. The molecule has 5 rings (SSSR count). The van der Waals surface area contributed by atoms with E-state index in [0.717, 1.165) is 4.57 Å². The van der Waals surface area contributed by atoms with Gasteiger partial charge in [-0.1, -0.05) is 0 Å². The van der Waals surface area contributed by atoms with Gasteiger partial charge in [-0.2, -0.15) is 0 Å². The molecule has 38 heavy (non-hydrogen) atoms. The molecule has 0 radical (unpaired) electrons. The molecule has 0 spiro atoms. The number of hydrogen-bond acceptors (Lipinski definition) is 14. The topological polar surface area (TPSA) is 242 Å². The summed E-state index contributed by atoms with van der Waals surface area (Å²) in [5.41, 5.74) is 5.90. The summed E-state index contributed by atoms with van der Waals surface area (Å²) >= 11 is 0. The molecule has 18 heteroatoms. The Hall–Kier alpha value is -3.02. The lowest BCUT2D eigenvalue weighted by molar-refractivity contribution is -0.276. The first-order valence-corrected chi connectivity index (χ1v) is 13.0. The van der Waals surface area contributed by atoms with Crippen LogP contribution < -0.4 is 16.5 Å². The van der Waals surface area contributed by atoms with Crippen LogP contribution >= 0.6 is 7.82 Å². The van der Waals surface area contributed by atoms with E-state index < -0.39 is 69.5 Å². The minimum Gasteiger partial charge on any atom is -0.858 e. The highest BCUT2D eigenvalue weighted by Crippen LogP contribution is 2.49. The summed E-state index contributed by atoms with van der Waals surface area (Å²) in [6, 6.07) is 0. The number of aryl methyl sites for hydroxylation is 1. The van der Waals surface area contributed by atoms with E-state index in [1.807, 2.05) is 0 Å². The van der Waals surface area contributed by atoms with Crippen LogP contribution in [0.2, 0.25) is 0 Å². The van der Waals surface area contributed by atoms with Gasteiger partial charge in [0, 0.05) is 19.0 Å². The molecule has 3 aromatic rings. The molecule has 5 heterocycles. The Labute approximate surface area is 214 Å². The maximum absolute atomic E-state index is 12.7. The highest BCUT2D eigenvalue weighted by atomic mass is 31.2. The Morgan fingerprint density at radius 3 is 2.71 bits per heavy atom. The van der Waals surface area contributed by atoms with Gasteiger partial charge in [0.1, 0.15) is 42.6 Å². The van der Waals surface area contributed by atoms with Crippen LogP contribution in [-0.2, 0) is 23.1 Å². The number of aromatic nitrogens is 6. The summed E-state index contributed by atoms with van der Waals surface area (Å²) < 4.78 is 37.1. The summed E-state index contributed by atoms with van der Waals surface area (Å²) in [4.78, 5) is 37.9. The van der Waals surface area contributed by atoms with Gasteiger partial charge < -0.3 is 35.4 Å². The second kappa shape index (κ2) is 10.3. The van der Waals surface area contributed by atoms with Gasteiger partial charge in [-0.15, -0.1) is 0 Å². The minimum absolute atomic E-state index is 0.0402. The van der Waals surface area contributed by atoms with Gasteiger partial charge in [0.25, 0.3) is 0 Å². The van der Waals surface area contributed by atoms with Gasteiger partial charge in [0.15, 0.2) is 11.5 Å². The van der Waals surface area contributed by atoms with Crippen LogP contribution in [0.15, 0.2) is 23.6 Å². The zero-order chi connectivity index (χ0) is 27.2. The summed E-state index contributed by atoms with van der Waals surface area (Å²) in [5, 5.41) is 31.6. The average molecular weight is 554 g/mol. The van der Waals surface area contributed by atoms with Crippen LogP contribution in [-0.4, -0.2) is 81.8 Å². The third-order valence-electron chi connectivity index (χ3n) is 6.33. The molecule has 206 valence electrons. The van der Waals surface area contributed by atoms with E-state index >= 15 is 0 Å². The Bertz CT molecular complexity index is 1430. The van der Waals surface area contributed by atoms with E-state index in [9.17, 15) is 29.6 Å². The van der Waals surface area contributed by atoms with Crippen molar-refractivity contribution in [1.82, 2.24) is 29.1 Å². The summed E-state index contributed by atoms with van der Waals surface area (Å²) in [6.45, 7) is 0.419. The Morgan fingerprint density at radius 1 is 1.21 bits per heavy atom. The van der Waals surface area contributed by atoms with Gasteiger partial charge in [-0.3, -0.25) is 18.2 Å². The molecular formula is C20H25N7O10P-. The van der Waals surface area contributed by atoms with Crippen molar-refractivity contribution in [2.24, 2.45) is 0 Å². The molecule has 1 unspecified atom stereocenters.